The second kappa shape index (κ2) is 10.4. The highest BCUT2D eigenvalue weighted by molar-refractivity contribution is 5.97. The average molecular weight is 457 g/mol. The number of benzene rings is 1. The summed E-state index contributed by atoms with van der Waals surface area (Å²) in [6.07, 6.45) is -0.864. The van der Waals surface area contributed by atoms with Crippen LogP contribution in [0, 0.1) is 11.7 Å². The van der Waals surface area contributed by atoms with Gasteiger partial charge in [0.05, 0.1) is 0 Å². The number of aliphatic carboxylic acids is 1. The zero-order valence-corrected chi connectivity index (χ0v) is 18.6. The van der Waals surface area contributed by atoms with Crippen molar-refractivity contribution in [2.75, 3.05) is 5.32 Å². The van der Waals surface area contributed by atoms with Crippen LogP contribution in [-0.2, 0) is 19.8 Å². The Morgan fingerprint density at radius 3 is 2.31 bits per heavy atom. The summed E-state index contributed by atoms with van der Waals surface area (Å²) in [6.45, 7) is 5.58. The molecule has 9 heteroatoms. The SMILES string of the molecule is CC(C)(C)c1ccc(NC(=O)[C@H](NC(=O)CCCC(=O)O)C2CCC(F)(F)CC2)cc1F. The Bertz CT molecular complexity index is 842. The molecule has 1 saturated carbocycles. The van der Waals surface area contributed by atoms with Crippen LogP contribution in [0.3, 0.4) is 0 Å². The quantitative estimate of drug-likeness (QED) is 0.532. The molecule has 1 aliphatic rings. The number of nitrogens with one attached hydrogen (secondary N) is 2. The van der Waals surface area contributed by atoms with Crippen LogP contribution in [0.1, 0.15) is 71.3 Å². The largest absolute Gasteiger partial charge is 0.481 e. The molecule has 6 nitrogen and oxygen atoms in total. The summed E-state index contributed by atoms with van der Waals surface area (Å²) in [5.41, 5.74) is 0.256. The smallest absolute Gasteiger partial charge is 0.303 e. The highest BCUT2D eigenvalue weighted by atomic mass is 19.3. The minimum Gasteiger partial charge on any atom is -0.481 e. The van der Waals surface area contributed by atoms with E-state index in [2.05, 4.69) is 10.6 Å². The van der Waals surface area contributed by atoms with Gasteiger partial charge in [0.25, 0.3) is 0 Å². The molecule has 2 amide bonds. The van der Waals surface area contributed by atoms with Crippen LogP contribution in [0.15, 0.2) is 18.2 Å². The Morgan fingerprint density at radius 1 is 1.16 bits per heavy atom. The Hall–Kier alpha value is -2.58. The van der Waals surface area contributed by atoms with Gasteiger partial charge in [0.1, 0.15) is 11.9 Å². The van der Waals surface area contributed by atoms with Crippen molar-refractivity contribution >= 4 is 23.5 Å². The lowest BCUT2D eigenvalue weighted by Gasteiger charge is -2.33. The van der Waals surface area contributed by atoms with Crippen molar-refractivity contribution in [3.05, 3.63) is 29.6 Å². The normalized spacial score (nSPS) is 17.4. The van der Waals surface area contributed by atoms with Gasteiger partial charge in [-0.25, -0.2) is 13.2 Å². The number of carboxylic acid groups (broad SMARTS) is 1. The number of halogens is 3. The highest BCUT2D eigenvalue weighted by Crippen LogP contribution is 2.38. The lowest BCUT2D eigenvalue weighted by molar-refractivity contribution is -0.137. The molecule has 0 saturated heterocycles. The molecule has 0 spiro atoms. The van der Waals surface area contributed by atoms with Gasteiger partial charge in [-0.3, -0.25) is 14.4 Å². The van der Waals surface area contributed by atoms with Gasteiger partial charge < -0.3 is 15.7 Å². The summed E-state index contributed by atoms with van der Waals surface area (Å²) in [5, 5.41) is 13.9. The highest BCUT2D eigenvalue weighted by Gasteiger charge is 2.40. The Labute approximate surface area is 186 Å². The molecule has 0 heterocycles. The van der Waals surface area contributed by atoms with Gasteiger partial charge in [0.2, 0.25) is 17.7 Å². The van der Waals surface area contributed by atoms with Gasteiger partial charge in [-0.2, -0.15) is 0 Å². The van der Waals surface area contributed by atoms with Gasteiger partial charge in [-0.1, -0.05) is 26.8 Å². The lowest BCUT2D eigenvalue weighted by Crippen LogP contribution is -2.50. The number of carbonyl (C=O) groups is 3. The molecule has 1 aromatic carbocycles. The van der Waals surface area contributed by atoms with E-state index >= 15 is 0 Å². The van der Waals surface area contributed by atoms with Crippen molar-refractivity contribution in [3.63, 3.8) is 0 Å². The van der Waals surface area contributed by atoms with Gasteiger partial charge in [-0.05, 0) is 48.3 Å². The monoisotopic (exact) mass is 456 g/mol. The molecule has 178 valence electrons. The third kappa shape index (κ3) is 7.53. The molecule has 32 heavy (non-hydrogen) atoms. The van der Waals surface area contributed by atoms with Gasteiger partial charge in [0.15, 0.2) is 0 Å². The van der Waals surface area contributed by atoms with E-state index < -0.39 is 46.9 Å². The molecule has 0 bridgehead atoms. The van der Waals surface area contributed by atoms with Crippen LogP contribution in [0.2, 0.25) is 0 Å². The van der Waals surface area contributed by atoms with Crippen LogP contribution < -0.4 is 10.6 Å². The minimum absolute atomic E-state index is 0.0534. The number of hydrogen-bond acceptors (Lipinski definition) is 3. The molecule has 2 rings (SSSR count). The van der Waals surface area contributed by atoms with E-state index in [0.29, 0.717) is 5.56 Å². The zero-order valence-electron chi connectivity index (χ0n) is 18.6. The third-order valence-electron chi connectivity index (χ3n) is 5.67. The number of carboxylic acids is 1. The lowest BCUT2D eigenvalue weighted by atomic mass is 9.81. The summed E-state index contributed by atoms with van der Waals surface area (Å²) >= 11 is 0. The van der Waals surface area contributed by atoms with Crippen LogP contribution in [0.5, 0.6) is 0 Å². The molecular weight excluding hydrogens is 425 g/mol. The van der Waals surface area contributed by atoms with Gasteiger partial charge in [-0.15, -0.1) is 0 Å². The molecule has 3 N–H and O–H groups in total. The fourth-order valence-corrected chi connectivity index (χ4v) is 3.86. The van der Waals surface area contributed by atoms with E-state index in [4.69, 9.17) is 5.11 Å². The van der Waals surface area contributed by atoms with E-state index in [1.165, 1.54) is 6.07 Å². The van der Waals surface area contributed by atoms with Crippen molar-refractivity contribution in [2.45, 2.75) is 83.1 Å². The molecule has 1 atom stereocenters. The first kappa shape index (κ1) is 25.7. The third-order valence-corrected chi connectivity index (χ3v) is 5.67. The molecule has 0 unspecified atom stereocenters. The number of amides is 2. The maximum absolute atomic E-state index is 14.5. The summed E-state index contributed by atoms with van der Waals surface area (Å²) in [5.74, 6) is -5.97. The number of rotatable bonds is 8. The molecule has 1 fully saturated rings. The van der Waals surface area contributed by atoms with Crippen molar-refractivity contribution in [3.8, 4) is 0 Å². The summed E-state index contributed by atoms with van der Waals surface area (Å²) in [6, 6.07) is 3.25. The van der Waals surface area contributed by atoms with Crippen LogP contribution in [-0.4, -0.2) is 34.9 Å². The predicted molar refractivity (Wildman–Crippen MR) is 114 cm³/mol. The topological polar surface area (TPSA) is 95.5 Å². The maximum Gasteiger partial charge on any atom is 0.303 e. The van der Waals surface area contributed by atoms with Crippen molar-refractivity contribution in [2.24, 2.45) is 5.92 Å². The molecule has 0 radical (unpaired) electrons. The second-order valence-electron chi connectivity index (χ2n) is 9.42. The zero-order chi connectivity index (χ0) is 24.1. The standard InChI is InChI=1S/C23H31F3N2O4/c1-22(2,3)16-8-7-15(13-17(16)24)27-21(32)20(14-9-11-23(25,26)12-10-14)28-18(29)5-4-6-19(30)31/h7-8,13-14,20H,4-6,9-12H2,1-3H3,(H,27,32)(H,28,29)(H,30,31)/t20-/m1/s1. The summed E-state index contributed by atoms with van der Waals surface area (Å²) in [4.78, 5) is 35.9. The van der Waals surface area contributed by atoms with E-state index in [9.17, 15) is 27.6 Å². The number of hydrogen-bond donors (Lipinski definition) is 3. The van der Waals surface area contributed by atoms with Crippen molar-refractivity contribution in [1.29, 1.82) is 0 Å². The van der Waals surface area contributed by atoms with Crippen molar-refractivity contribution < 1.29 is 32.7 Å². The van der Waals surface area contributed by atoms with Gasteiger partial charge >= 0.3 is 5.97 Å². The maximum atomic E-state index is 14.5. The Kier molecular flexibility index (Phi) is 8.31. The van der Waals surface area contributed by atoms with E-state index in [1.54, 1.807) is 12.1 Å². The van der Waals surface area contributed by atoms with Gasteiger partial charge in [0, 0.05) is 31.4 Å². The first-order chi connectivity index (χ1) is 14.8. The summed E-state index contributed by atoms with van der Waals surface area (Å²) in [7, 11) is 0. The second-order valence-corrected chi connectivity index (χ2v) is 9.42. The Morgan fingerprint density at radius 2 is 1.78 bits per heavy atom. The summed E-state index contributed by atoms with van der Waals surface area (Å²) < 4.78 is 41.7. The number of alkyl halides is 2. The molecule has 1 aliphatic carbocycles. The van der Waals surface area contributed by atoms with Crippen LogP contribution >= 0.6 is 0 Å². The van der Waals surface area contributed by atoms with E-state index in [1.807, 2.05) is 20.8 Å². The van der Waals surface area contributed by atoms with E-state index in [0.717, 1.165) is 0 Å². The first-order valence-electron chi connectivity index (χ1n) is 10.8. The fraction of sp³-hybridized carbons (Fsp3) is 0.609. The molecule has 0 aromatic heterocycles. The molecule has 1 aromatic rings. The van der Waals surface area contributed by atoms with Crippen LogP contribution in [0.4, 0.5) is 18.9 Å². The number of carbonyl (C=O) groups excluding carboxylic acids is 2. The van der Waals surface area contributed by atoms with Crippen molar-refractivity contribution in [1.82, 2.24) is 5.32 Å². The fourth-order valence-electron chi connectivity index (χ4n) is 3.86. The Balaban J connectivity index is 2.13. The van der Waals surface area contributed by atoms with Crippen LogP contribution in [0.25, 0.3) is 0 Å². The predicted octanol–water partition coefficient (Wildman–Crippen LogP) is 4.63. The van der Waals surface area contributed by atoms with E-state index in [-0.39, 0.29) is 50.6 Å². The number of anilines is 1. The molecular formula is C23H31F3N2O4. The average Bonchev–Trinajstić information content (AvgIpc) is 2.65. The first-order valence-corrected chi connectivity index (χ1v) is 10.8. The minimum atomic E-state index is -2.80. The molecule has 0 aliphatic heterocycles.